The fourth-order valence-corrected chi connectivity index (χ4v) is 5.00. The molecule has 0 radical (unpaired) electrons. The number of aliphatic imine (C=N–C) groups is 1. The molecule has 1 aliphatic heterocycles. The van der Waals surface area contributed by atoms with Gasteiger partial charge < -0.3 is 15.4 Å². The Balaban J connectivity index is 1.64. The number of amidine groups is 1. The minimum absolute atomic E-state index is 0.0225. The number of hydrogen-bond acceptors (Lipinski definition) is 7. The molecule has 0 aliphatic carbocycles. The number of carbonyl (C=O) groups excluding carboxylic acids is 1. The van der Waals surface area contributed by atoms with E-state index in [1.54, 1.807) is 37.4 Å². The van der Waals surface area contributed by atoms with Crippen LogP contribution >= 0.6 is 11.6 Å². The van der Waals surface area contributed by atoms with E-state index in [-0.39, 0.29) is 17.1 Å². The maximum atomic E-state index is 13.4. The van der Waals surface area contributed by atoms with Crippen LogP contribution in [0.25, 0.3) is 0 Å². The third-order valence-electron chi connectivity index (χ3n) is 5.84. The van der Waals surface area contributed by atoms with Crippen LogP contribution in [0.3, 0.4) is 0 Å². The Morgan fingerprint density at radius 1 is 1.08 bits per heavy atom. The van der Waals surface area contributed by atoms with Gasteiger partial charge in [0.05, 0.1) is 34.1 Å². The van der Waals surface area contributed by atoms with Crippen LogP contribution in [0.1, 0.15) is 26.3 Å². The van der Waals surface area contributed by atoms with Gasteiger partial charge in [-0.1, -0.05) is 56.6 Å². The number of para-hydroxylation sites is 2. The zero-order chi connectivity index (χ0) is 26.8. The van der Waals surface area contributed by atoms with E-state index in [4.69, 9.17) is 16.3 Å². The highest BCUT2D eigenvalue weighted by atomic mass is 35.5. The van der Waals surface area contributed by atoms with E-state index >= 15 is 0 Å². The quantitative estimate of drug-likeness (QED) is 0.371. The Bertz CT molecular complexity index is 1470. The van der Waals surface area contributed by atoms with Gasteiger partial charge in [-0.25, -0.2) is 13.4 Å². The minimum atomic E-state index is -4.01. The number of Topliss-reactive ketones (excluding diaryl/α,β-unsaturated/α-hetero) is 1. The summed E-state index contributed by atoms with van der Waals surface area (Å²) in [7, 11) is -2.46. The second kappa shape index (κ2) is 10.5. The average Bonchev–Trinajstić information content (AvgIpc) is 2.85. The Hall–Kier alpha value is -3.40. The van der Waals surface area contributed by atoms with Gasteiger partial charge in [-0.2, -0.15) is 4.72 Å². The number of methoxy groups -OCH3 is 1. The van der Waals surface area contributed by atoms with Gasteiger partial charge in [0.2, 0.25) is 10.0 Å². The molecular weight excluding hydrogens is 512 g/mol. The molecule has 3 aromatic carbocycles. The van der Waals surface area contributed by atoms with Crippen LogP contribution in [0.4, 0.5) is 17.1 Å². The number of ether oxygens (including phenoxy) is 1. The van der Waals surface area contributed by atoms with E-state index < -0.39 is 21.6 Å². The highest BCUT2D eigenvalue weighted by Crippen LogP contribution is 2.32. The molecule has 0 amide bonds. The van der Waals surface area contributed by atoms with E-state index in [0.717, 1.165) is 0 Å². The average molecular weight is 541 g/mol. The summed E-state index contributed by atoms with van der Waals surface area (Å²) < 4.78 is 34.9. The van der Waals surface area contributed by atoms with Gasteiger partial charge >= 0.3 is 0 Å². The highest BCUT2D eigenvalue weighted by Gasteiger charge is 2.29. The number of carbonyl (C=O) groups is 1. The molecule has 1 unspecified atom stereocenters. The van der Waals surface area contributed by atoms with E-state index in [1.165, 1.54) is 12.1 Å². The maximum absolute atomic E-state index is 13.4. The first-order chi connectivity index (χ1) is 17.5. The Kier molecular flexibility index (Phi) is 7.59. The van der Waals surface area contributed by atoms with E-state index in [1.807, 2.05) is 45.0 Å². The van der Waals surface area contributed by atoms with Gasteiger partial charge in [0.15, 0.2) is 0 Å². The normalized spacial score (nSPS) is 15.3. The zero-order valence-electron chi connectivity index (χ0n) is 21.0. The molecule has 1 heterocycles. The van der Waals surface area contributed by atoms with Gasteiger partial charge in [0, 0.05) is 17.9 Å². The highest BCUT2D eigenvalue weighted by molar-refractivity contribution is 7.89. The molecule has 0 aromatic heterocycles. The summed E-state index contributed by atoms with van der Waals surface area (Å²) in [6, 6.07) is 18.8. The molecule has 0 saturated carbocycles. The number of fused-ring (bicyclic) bond motifs is 1. The number of benzene rings is 3. The van der Waals surface area contributed by atoms with Gasteiger partial charge in [-0.05, 0) is 42.0 Å². The van der Waals surface area contributed by atoms with Crippen molar-refractivity contribution in [3.8, 4) is 5.75 Å². The summed E-state index contributed by atoms with van der Waals surface area (Å²) in [5.74, 6) is 0.904. The van der Waals surface area contributed by atoms with Crippen LogP contribution in [-0.4, -0.2) is 33.3 Å². The summed E-state index contributed by atoms with van der Waals surface area (Å²) in [4.78, 5) is 17.2. The van der Waals surface area contributed by atoms with E-state index in [2.05, 4.69) is 20.3 Å². The molecule has 1 aliphatic rings. The van der Waals surface area contributed by atoms with Crippen molar-refractivity contribution in [3.63, 3.8) is 0 Å². The number of anilines is 2. The van der Waals surface area contributed by atoms with Crippen molar-refractivity contribution in [2.45, 2.75) is 38.3 Å². The molecule has 194 valence electrons. The smallest absolute Gasteiger partial charge is 0.242 e. The maximum Gasteiger partial charge on any atom is 0.242 e. The number of nitrogens with zero attached hydrogens (tertiary/aromatic N) is 1. The lowest BCUT2D eigenvalue weighted by molar-refractivity contribution is -0.125. The summed E-state index contributed by atoms with van der Waals surface area (Å²) in [5.41, 5.74) is 1.92. The number of halogens is 1. The zero-order valence-corrected chi connectivity index (χ0v) is 22.6. The molecule has 1 atom stereocenters. The number of nitrogens with one attached hydrogen (secondary N) is 3. The third-order valence-corrected chi connectivity index (χ3v) is 7.59. The SMILES string of the molecule is COc1ccc(Cl)c(NC2=Nc3ccccc3NC2NS(=O)(=O)c2cccc(CC(=O)C(C)(C)C)c2)c1. The lowest BCUT2D eigenvalue weighted by atomic mass is 9.87. The van der Waals surface area contributed by atoms with Gasteiger partial charge in [-0.15, -0.1) is 0 Å². The van der Waals surface area contributed by atoms with Crippen molar-refractivity contribution >= 4 is 50.3 Å². The third kappa shape index (κ3) is 6.30. The van der Waals surface area contributed by atoms with E-state index in [9.17, 15) is 13.2 Å². The molecule has 3 N–H and O–H groups in total. The molecule has 37 heavy (non-hydrogen) atoms. The van der Waals surface area contributed by atoms with Crippen molar-refractivity contribution in [1.82, 2.24) is 4.72 Å². The first-order valence-corrected chi connectivity index (χ1v) is 13.5. The van der Waals surface area contributed by atoms with Gasteiger partial charge in [0.25, 0.3) is 0 Å². The van der Waals surface area contributed by atoms with Crippen LogP contribution in [-0.2, 0) is 21.2 Å². The summed E-state index contributed by atoms with van der Waals surface area (Å²) in [5, 5.41) is 6.76. The van der Waals surface area contributed by atoms with Crippen molar-refractivity contribution < 1.29 is 17.9 Å². The number of rotatable bonds is 7. The molecule has 3 aromatic rings. The molecule has 0 spiro atoms. The number of hydrogen-bond donors (Lipinski definition) is 3. The Morgan fingerprint density at radius 2 is 1.84 bits per heavy atom. The van der Waals surface area contributed by atoms with Crippen molar-refractivity contribution in [3.05, 3.63) is 77.3 Å². The lowest BCUT2D eigenvalue weighted by Crippen LogP contribution is -2.50. The topological polar surface area (TPSA) is 109 Å². The predicted octanol–water partition coefficient (Wildman–Crippen LogP) is 5.38. The number of sulfonamides is 1. The van der Waals surface area contributed by atoms with Crippen LogP contribution in [0, 0.1) is 5.41 Å². The molecular formula is C27H29ClN4O4S. The first kappa shape index (κ1) is 26.7. The molecule has 0 bridgehead atoms. The fourth-order valence-electron chi connectivity index (χ4n) is 3.66. The van der Waals surface area contributed by atoms with Gasteiger partial charge in [-0.3, -0.25) is 4.79 Å². The largest absolute Gasteiger partial charge is 0.497 e. The standard InChI is InChI=1S/C27H29ClN4O4S/c1-27(2,3)24(33)15-17-8-7-9-19(14-17)37(34,35)32-26-25(29-21-10-5-6-11-22(21)30-26)31-23-16-18(36-4)12-13-20(23)28/h5-14,16,26,30,32H,15H2,1-4H3,(H,29,31). The second-order valence-electron chi connectivity index (χ2n) is 9.68. The Morgan fingerprint density at radius 3 is 2.57 bits per heavy atom. The first-order valence-electron chi connectivity index (χ1n) is 11.7. The van der Waals surface area contributed by atoms with Crippen LogP contribution in [0.15, 0.2) is 76.6 Å². The van der Waals surface area contributed by atoms with Gasteiger partial charge in [0.1, 0.15) is 23.5 Å². The molecule has 8 nitrogen and oxygen atoms in total. The lowest BCUT2D eigenvalue weighted by Gasteiger charge is -2.28. The fraction of sp³-hybridized carbons (Fsp3) is 0.259. The monoisotopic (exact) mass is 540 g/mol. The summed E-state index contributed by atoms with van der Waals surface area (Å²) in [6.45, 7) is 5.52. The van der Waals surface area contributed by atoms with E-state index in [0.29, 0.717) is 39.2 Å². The molecule has 10 heteroatoms. The molecule has 0 saturated heterocycles. The van der Waals surface area contributed by atoms with Crippen LogP contribution in [0.5, 0.6) is 5.75 Å². The van der Waals surface area contributed by atoms with Crippen LogP contribution in [0.2, 0.25) is 5.02 Å². The minimum Gasteiger partial charge on any atom is -0.497 e. The molecule has 4 rings (SSSR count). The van der Waals surface area contributed by atoms with Crippen molar-refractivity contribution in [2.24, 2.45) is 10.4 Å². The second-order valence-corrected chi connectivity index (χ2v) is 11.8. The van der Waals surface area contributed by atoms with Crippen molar-refractivity contribution in [2.75, 3.05) is 17.7 Å². The molecule has 0 fully saturated rings. The summed E-state index contributed by atoms with van der Waals surface area (Å²) in [6.07, 6.45) is -0.785. The van der Waals surface area contributed by atoms with Crippen molar-refractivity contribution in [1.29, 1.82) is 0 Å². The summed E-state index contributed by atoms with van der Waals surface area (Å²) >= 11 is 6.38. The Labute approximate surface area is 222 Å². The predicted molar refractivity (Wildman–Crippen MR) is 148 cm³/mol. The number of ketones is 1. The van der Waals surface area contributed by atoms with Crippen LogP contribution < -0.4 is 20.1 Å².